The summed E-state index contributed by atoms with van der Waals surface area (Å²) in [5.74, 6) is -1.14. The smallest absolute Gasteiger partial charge is 0.338 e. The number of nitrogens with zero attached hydrogens (tertiary/aromatic N) is 2. The first kappa shape index (κ1) is 17.6. The van der Waals surface area contributed by atoms with E-state index in [2.05, 4.69) is 4.74 Å². The minimum Gasteiger partial charge on any atom is -0.465 e. The number of aryl methyl sites for hydroxylation is 1. The van der Waals surface area contributed by atoms with E-state index < -0.39 is 16.8 Å². The summed E-state index contributed by atoms with van der Waals surface area (Å²) in [6, 6.07) is 5.51. The topological polar surface area (TPSA) is 89.8 Å². The fourth-order valence-electron chi connectivity index (χ4n) is 2.15. The Morgan fingerprint density at radius 3 is 2.50 bits per heavy atom. The number of nitro groups is 1. The summed E-state index contributed by atoms with van der Waals surface area (Å²) in [7, 11) is 2.78. The SMILES string of the molecule is COC(=O)c1cc(C(=O)N(C)Cc2sccc2C)cc([N+](=O)[O-])c1. The lowest BCUT2D eigenvalue weighted by Gasteiger charge is -2.17. The van der Waals surface area contributed by atoms with Gasteiger partial charge in [-0.25, -0.2) is 4.79 Å². The molecule has 0 saturated heterocycles. The van der Waals surface area contributed by atoms with Gasteiger partial charge >= 0.3 is 5.97 Å². The molecule has 24 heavy (non-hydrogen) atoms. The fraction of sp³-hybridized carbons (Fsp3) is 0.250. The first-order chi connectivity index (χ1) is 11.3. The van der Waals surface area contributed by atoms with E-state index in [4.69, 9.17) is 0 Å². The van der Waals surface area contributed by atoms with E-state index in [1.54, 1.807) is 7.05 Å². The van der Waals surface area contributed by atoms with Crippen LogP contribution >= 0.6 is 11.3 Å². The third-order valence-electron chi connectivity index (χ3n) is 3.49. The summed E-state index contributed by atoms with van der Waals surface area (Å²) >= 11 is 1.53. The second kappa shape index (κ2) is 7.22. The summed E-state index contributed by atoms with van der Waals surface area (Å²) < 4.78 is 4.58. The number of carbonyl (C=O) groups is 2. The van der Waals surface area contributed by atoms with Crippen LogP contribution in [0, 0.1) is 17.0 Å². The molecular formula is C16H16N2O5S. The average molecular weight is 348 g/mol. The van der Waals surface area contributed by atoms with Crippen molar-refractivity contribution >= 4 is 28.9 Å². The number of methoxy groups -OCH3 is 1. The van der Waals surface area contributed by atoms with Crippen LogP contribution in [0.5, 0.6) is 0 Å². The molecule has 126 valence electrons. The van der Waals surface area contributed by atoms with Gasteiger partial charge in [0.15, 0.2) is 0 Å². The highest BCUT2D eigenvalue weighted by molar-refractivity contribution is 7.10. The number of rotatable bonds is 5. The van der Waals surface area contributed by atoms with Gasteiger partial charge in [0.1, 0.15) is 0 Å². The van der Waals surface area contributed by atoms with E-state index in [0.29, 0.717) is 6.54 Å². The van der Waals surface area contributed by atoms with E-state index in [1.165, 1.54) is 29.4 Å². The summed E-state index contributed by atoms with van der Waals surface area (Å²) in [5.41, 5.74) is 0.785. The molecule has 0 saturated carbocycles. The second-order valence-corrected chi connectivity index (χ2v) is 6.21. The number of thiophene rings is 1. The van der Waals surface area contributed by atoms with Crippen LogP contribution in [0.25, 0.3) is 0 Å². The van der Waals surface area contributed by atoms with Crippen molar-refractivity contribution in [1.82, 2.24) is 4.90 Å². The first-order valence-electron chi connectivity index (χ1n) is 6.99. The molecule has 0 radical (unpaired) electrons. The van der Waals surface area contributed by atoms with Crippen LogP contribution in [-0.2, 0) is 11.3 Å². The van der Waals surface area contributed by atoms with Gasteiger partial charge in [-0.05, 0) is 30.0 Å². The largest absolute Gasteiger partial charge is 0.465 e. The van der Waals surface area contributed by atoms with Crippen molar-refractivity contribution < 1.29 is 19.2 Å². The van der Waals surface area contributed by atoms with Crippen molar-refractivity contribution in [3.63, 3.8) is 0 Å². The Balaban J connectivity index is 2.33. The number of nitro benzene ring substituents is 1. The minimum absolute atomic E-state index is 0.0317. The van der Waals surface area contributed by atoms with Gasteiger partial charge in [-0.1, -0.05) is 0 Å². The highest BCUT2D eigenvalue weighted by atomic mass is 32.1. The van der Waals surface area contributed by atoms with Crippen LogP contribution in [0.4, 0.5) is 5.69 Å². The van der Waals surface area contributed by atoms with Crippen molar-refractivity contribution in [2.24, 2.45) is 0 Å². The Morgan fingerprint density at radius 1 is 1.29 bits per heavy atom. The monoisotopic (exact) mass is 348 g/mol. The number of benzene rings is 1. The summed E-state index contributed by atoms with van der Waals surface area (Å²) in [5, 5.41) is 13.0. The molecule has 7 nitrogen and oxygen atoms in total. The molecule has 1 amide bonds. The summed E-state index contributed by atoms with van der Waals surface area (Å²) in [6.07, 6.45) is 0. The standard InChI is InChI=1S/C16H16N2O5S/c1-10-4-5-24-14(10)9-17(2)15(19)11-6-12(16(20)23-3)8-13(7-11)18(21)22/h4-8H,9H2,1-3H3. The Bertz CT molecular complexity index is 800. The number of hydrogen-bond acceptors (Lipinski definition) is 6. The number of carbonyl (C=O) groups excluding carboxylic acids is 2. The zero-order chi connectivity index (χ0) is 17.9. The van der Waals surface area contributed by atoms with E-state index in [1.807, 2.05) is 18.4 Å². The van der Waals surface area contributed by atoms with Crippen LogP contribution in [0.3, 0.4) is 0 Å². The van der Waals surface area contributed by atoms with E-state index in [9.17, 15) is 19.7 Å². The summed E-state index contributed by atoms with van der Waals surface area (Å²) in [6.45, 7) is 2.34. The molecule has 0 spiro atoms. The molecule has 1 aromatic carbocycles. The lowest BCUT2D eigenvalue weighted by Crippen LogP contribution is -2.26. The highest BCUT2D eigenvalue weighted by Crippen LogP contribution is 2.21. The third kappa shape index (κ3) is 3.77. The Labute approximate surface area is 142 Å². The number of amides is 1. The molecule has 0 unspecified atom stereocenters. The van der Waals surface area contributed by atoms with Crippen LogP contribution < -0.4 is 0 Å². The number of ether oxygens (including phenoxy) is 1. The molecule has 0 aliphatic carbocycles. The molecule has 0 atom stereocenters. The molecule has 0 aliphatic rings. The van der Waals surface area contributed by atoms with Gasteiger partial charge in [0, 0.05) is 29.6 Å². The Morgan fingerprint density at radius 2 is 1.96 bits per heavy atom. The van der Waals surface area contributed by atoms with E-state index >= 15 is 0 Å². The van der Waals surface area contributed by atoms with Gasteiger partial charge in [-0.2, -0.15) is 0 Å². The molecule has 0 bridgehead atoms. The highest BCUT2D eigenvalue weighted by Gasteiger charge is 2.21. The molecule has 8 heteroatoms. The molecule has 0 aliphatic heterocycles. The fourth-order valence-corrected chi connectivity index (χ4v) is 3.11. The Kier molecular flexibility index (Phi) is 5.30. The molecule has 1 heterocycles. The van der Waals surface area contributed by atoms with Crippen LogP contribution in [-0.4, -0.2) is 35.9 Å². The predicted molar refractivity (Wildman–Crippen MR) is 89.3 cm³/mol. The molecular weight excluding hydrogens is 332 g/mol. The van der Waals surface area contributed by atoms with Gasteiger partial charge in [0.05, 0.1) is 24.1 Å². The van der Waals surface area contributed by atoms with Gasteiger partial charge in [0.2, 0.25) is 0 Å². The molecule has 0 N–H and O–H groups in total. The van der Waals surface area contributed by atoms with Crippen LogP contribution in [0.2, 0.25) is 0 Å². The minimum atomic E-state index is -0.732. The van der Waals surface area contributed by atoms with Crippen molar-refractivity contribution in [1.29, 1.82) is 0 Å². The van der Waals surface area contributed by atoms with Gasteiger partial charge in [-0.3, -0.25) is 14.9 Å². The number of esters is 1. The average Bonchev–Trinajstić information content (AvgIpc) is 2.97. The lowest BCUT2D eigenvalue weighted by molar-refractivity contribution is -0.384. The van der Waals surface area contributed by atoms with Crippen molar-refractivity contribution in [3.8, 4) is 0 Å². The van der Waals surface area contributed by atoms with Crippen molar-refractivity contribution in [3.05, 3.63) is 61.3 Å². The first-order valence-corrected chi connectivity index (χ1v) is 7.87. The maximum Gasteiger partial charge on any atom is 0.338 e. The zero-order valence-electron chi connectivity index (χ0n) is 13.4. The second-order valence-electron chi connectivity index (χ2n) is 5.21. The quantitative estimate of drug-likeness (QED) is 0.471. The van der Waals surface area contributed by atoms with Crippen LogP contribution in [0.1, 0.15) is 31.2 Å². The maximum atomic E-state index is 12.6. The summed E-state index contributed by atoms with van der Waals surface area (Å²) in [4.78, 5) is 37.1. The lowest BCUT2D eigenvalue weighted by atomic mass is 10.1. The van der Waals surface area contributed by atoms with Crippen molar-refractivity contribution in [2.45, 2.75) is 13.5 Å². The van der Waals surface area contributed by atoms with Gasteiger partial charge < -0.3 is 9.64 Å². The molecule has 1 aromatic heterocycles. The number of hydrogen-bond donors (Lipinski definition) is 0. The zero-order valence-corrected chi connectivity index (χ0v) is 14.3. The molecule has 2 rings (SSSR count). The van der Waals surface area contributed by atoms with E-state index in [0.717, 1.165) is 22.6 Å². The molecule has 0 fully saturated rings. The molecule has 2 aromatic rings. The third-order valence-corrected chi connectivity index (χ3v) is 4.50. The van der Waals surface area contributed by atoms with Gasteiger partial charge in [-0.15, -0.1) is 11.3 Å². The maximum absolute atomic E-state index is 12.6. The normalized spacial score (nSPS) is 10.3. The Hall–Kier alpha value is -2.74. The number of non-ortho nitro benzene ring substituents is 1. The van der Waals surface area contributed by atoms with Crippen molar-refractivity contribution in [2.75, 3.05) is 14.2 Å². The van der Waals surface area contributed by atoms with Gasteiger partial charge in [0.25, 0.3) is 11.6 Å². The van der Waals surface area contributed by atoms with E-state index in [-0.39, 0.29) is 16.8 Å². The predicted octanol–water partition coefficient (Wildman–Crippen LogP) is 3.02. The van der Waals surface area contributed by atoms with Crippen LogP contribution in [0.15, 0.2) is 29.6 Å².